The summed E-state index contributed by atoms with van der Waals surface area (Å²) in [5, 5.41) is 28.1. The van der Waals surface area contributed by atoms with Crippen LogP contribution in [0.1, 0.15) is 135 Å². The van der Waals surface area contributed by atoms with Crippen molar-refractivity contribution in [3.8, 4) is 0 Å². The molecule has 1 aliphatic carbocycles. The smallest absolute Gasteiger partial charge is 0.309 e. The van der Waals surface area contributed by atoms with Gasteiger partial charge in [-0.2, -0.15) is 0 Å². The minimum atomic E-state index is -1.35. The maximum absolute atomic E-state index is 12.5. The zero-order valence-corrected chi connectivity index (χ0v) is 23.5. The summed E-state index contributed by atoms with van der Waals surface area (Å²) in [6.45, 7) is 2.42. The minimum Gasteiger partial charge on any atom is -0.481 e. The summed E-state index contributed by atoms with van der Waals surface area (Å²) in [6.07, 6.45) is 21.9. The number of carboxylic acid groups (broad SMARTS) is 3. The molecule has 1 fully saturated rings. The number of rotatable bonds is 23. The van der Waals surface area contributed by atoms with Crippen LogP contribution in [0.2, 0.25) is 0 Å². The van der Waals surface area contributed by atoms with Crippen molar-refractivity contribution in [2.75, 3.05) is 6.61 Å². The molecule has 0 aromatic rings. The lowest BCUT2D eigenvalue weighted by molar-refractivity contribution is -0.170. The van der Waals surface area contributed by atoms with E-state index in [2.05, 4.69) is 6.92 Å². The first-order valence-electron chi connectivity index (χ1n) is 15.1. The Morgan fingerprint density at radius 2 is 0.789 bits per heavy atom. The van der Waals surface area contributed by atoms with Gasteiger partial charge in [0.2, 0.25) is 0 Å². The van der Waals surface area contributed by atoms with Crippen LogP contribution in [0.4, 0.5) is 0 Å². The zero-order chi connectivity index (χ0) is 28.2. The van der Waals surface area contributed by atoms with Crippen LogP contribution in [0.15, 0.2) is 0 Å². The molecular formula is C30H52O8. The van der Waals surface area contributed by atoms with Crippen LogP contribution in [0.3, 0.4) is 0 Å². The average Bonchev–Trinajstić information content (AvgIpc) is 2.88. The van der Waals surface area contributed by atoms with Crippen LogP contribution in [-0.2, 0) is 23.9 Å². The van der Waals surface area contributed by atoms with Gasteiger partial charge in [0.15, 0.2) is 0 Å². The number of aliphatic carboxylic acids is 3. The van der Waals surface area contributed by atoms with Crippen LogP contribution in [-0.4, -0.2) is 45.8 Å². The van der Waals surface area contributed by atoms with E-state index in [4.69, 9.17) is 4.74 Å². The number of unbranched alkanes of at least 4 members (excludes halogenated alkanes) is 17. The second kappa shape index (κ2) is 20.8. The minimum absolute atomic E-state index is 0.167. The van der Waals surface area contributed by atoms with Crippen molar-refractivity contribution in [3.05, 3.63) is 0 Å². The van der Waals surface area contributed by atoms with E-state index in [0.29, 0.717) is 6.42 Å². The molecule has 3 N–H and O–H groups in total. The van der Waals surface area contributed by atoms with Crippen molar-refractivity contribution in [1.82, 2.24) is 0 Å². The number of carbonyl (C=O) groups is 4. The van der Waals surface area contributed by atoms with Gasteiger partial charge in [-0.1, -0.05) is 116 Å². The summed E-state index contributed by atoms with van der Waals surface area (Å²) in [5.41, 5.74) is 0. The largest absolute Gasteiger partial charge is 0.481 e. The molecule has 8 nitrogen and oxygen atoms in total. The Morgan fingerprint density at radius 1 is 0.500 bits per heavy atom. The fraction of sp³-hybridized carbons (Fsp3) is 0.867. The third-order valence-corrected chi connectivity index (χ3v) is 7.98. The van der Waals surface area contributed by atoms with Crippen molar-refractivity contribution in [3.63, 3.8) is 0 Å². The summed E-state index contributed by atoms with van der Waals surface area (Å²) in [6, 6.07) is 0. The van der Waals surface area contributed by atoms with Gasteiger partial charge in [0.05, 0.1) is 30.3 Å². The highest BCUT2D eigenvalue weighted by Crippen LogP contribution is 2.39. The third-order valence-electron chi connectivity index (χ3n) is 7.98. The maximum atomic E-state index is 12.5. The van der Waals surface area contributed by atoms with E-state index in [0.717, 1.165) is 19.3 Å². The molecular weight excluding hydrogens is 488 g/mol. The number of carboxylic acids is 3. The first-order valence-corrected chi connectivity index (χ1v) is 15.1. The normalized spacial score (nSPS) is 21.2. The van der Waals surface area contributed by atoms with Gasteiger partial charge < -0.3 is 20.1 Å². The molecule has 4 atom stereocenters. The molecule has 1 aliphatic rings. The second-order valence-corrected chi connectivity index (χ2v) is 11.1. The van der Waals surface area contributed by atoms with Crippen LogP contribution >= 0.6 is 0 Å². The van der Waals surface area contributed by atoms with Gasteiger partial charge in [-0.3, -0.25) is 19.2 Å². The number of carbonyl (C=O) groups excluding carboxylic acids is 1. The summed E-state index contributed by atoms with van der Waals surface area (Å²) < 4.78 is 5.27. The van der Waals surface area contributed by atoms with Crippen LogP contribution < -0.4 is 0 Å². The standard InChI is InChI=1S/C30H52O8/c1-2-3-4-5-6-7-8-9-10-11-12-13-14-15-16-17-18-19-20-38-30(37)26-22-24(28(33)34)23(27(31)32)21-25(26)29(35)36/h23-26H,2-22H2,1H3,(H,31,32)(H,33,34)(H,35,36). The van der Waals surface area contributed by atoms with Gasteiger partial charge in [-0.05, 0) is 19.3 Å². The molecule has 0 aromatic carbocycles. The van der Waals surface area contributed by atoms with E-state index in [-0.39, 0.29) is 19.4 Å². The Labute approximate surface area is 228 Å². The molecule has 0 amide bonds. The van der Waals surface area contributed by atoms with Crippen LogP contribution in [0.5, 0.6) is 0 Å². The lowest BCUT2D eigenvalue weighted by atomic mass is 9.68. The highest BCUT2D eigenvalue weighted by atomic mass is 16.5. The predicted octanol–water partition coefficient (Wildman–Crippen LogP) is 7.08. The SMILES string of the molecule is CCCCCCCCCCCCCCCCCCCCOC(=O)C1CC(C(=O)O)C(C(=O)O)CC1C(=O)O. The molecule has 0 heterocycles. The Kier molecular flexibility index (Phi) is 18.6. The first-order chi connectivity index (χ1) is 18.3. The van der Waals surface area contributed by atoms with Gasteiger partial charge in [0, 0.05) is 0 Å². The number of ether oxygens (including phenoxy) is 1. The Balaban J connectivity index is 2.06. The van der Waals surface area contributed by atoms with Gasteiger partial charge in [0.25, 0.3) is 0 Å². The number of hydrogen-bond donors (Lipinski definition) is 3. The molecule has 0 radical (unpaired) electrons. The van der Waals surface area contributed by atoms with E-state index in [1.54, 1.807) is 0 Å². The van der Waals surface area contributed by atoms with Gasteiger partial charge >= 0.3 is 23.9 Å². The molecule has 0 aliphatic heterocycles. The molecule has 220 valence electrons. The average molecular weight is 541 g/mol. The predicted molar refractivity (Wildman–Crippen MR) is 146 cm³/mol. The fourth-order valence-electron chi connectivity index (χ4n) is 5.57. The number of esters is 1. The van der Waals surface area contributed by atoms with Crippen molar-refractivity contribution < 1.29 is 39.2 Å². The van der Waals surface area contributed by atoms with E-state index < -0.39 is 47.5 Å². The molecule has 4 unspecified atom stereocenters. The van der Waals surface area contributed by atoms with Gasteiger partial charge in [-0.25, -0.2) is 0 Å². The van der Waals surface area contributed by atoms with Crippen molar-refractivity contribution >= 4 is 23.9 Å². The van der Waals surface area contributed by atoms with Crippen LogP contribution in [0, 0.1) is 23.7 Å². The lowest BCUT2D eigenvalue weighted by Gasteiger charge is -2.34. The zero-order valence-electron chi connectivity index (χ0n) is 23.5. The first kappa shape index (κ1) is 33.9. The molecule has 0 bridgehead atoms. The van der Waals surface area contributed by atoms with Gasteiger partial charge in [0.1, 0.15) is 0 Å². The highest BCUT2D eigenvalue weighted by molar-refractivity contribution is 5.86. The molecule has 0 aromatic heterocycles. The second-order valence-electron chi connectivity index (χ2n) is 11.1. The van der Waals surface area contributed by atoms with Crippen molar-refractivity contribution in [1.29, 1.82) is 0 Å². The molecule has 1 saturated carbocycles. The molecule has 38 heavy (non-hydrogen) atoms. The van der Waals surface area contributed by atoms with Crippen LogP contribution in [0.25, 0.3) is 0 Å². The van der Waals surface area contributed by atoms with E-state index >= 15 is 0 Å². The maximum Gasteiger partial charge on any atom is 0.309 e. The van der Waals surface area contributed by atoms with Gasteiger partial charge in [-0.15, -0.1) is 0 Å². The molecule has 0 spiro atoms. The summed E-state index contributed by atoms with van der Waals surface area (Å²) in [5.74, 6) is -9.73. The molecule has 1 rings (SSSR count). The topological polar surface area (TPSA) is 138 Å². The Hall–Kier alpha value is -2.12. The van der Waals surface area contributed by atoms with E-state index in [1.807, 2.05) is 0 Å². The molecule has 0 saturated heterocycles. The van der Waals surface area contributed by atoms with Crippen molar-refractivity contribution in [2.45, 2.75) is 135 Å². The summed E-state index contributed by atoms with van der Waals surface area (Å²) in [4.78, 5) is 47.0. The van der Waals surface area contributed by atoms with Crippen molar-refractivity contribution in [2.24, 2.45) is 23.7 Å². The fourth-order valence-corrected chi connectivity index (χ4v) is 5.57. The number of hydrogen-bond acceptors (Lipinski definition) is 5. The molecule has 8 heteroatoms. The third kappa shape index (κ3) is 14.1. The summed E-state index contributed by atoms with van der Waals surface area (Å²) in [7, 11) is 0. The van der Waals surface area contributed by atoms with E-state index in [9.17, 15) is 34.5 Å². The quantitative estimate of drug-likeness (QED) is 0.0922. The lowest BCUT2D eigenvalue weighted by Crippen LogP contribution is -2.45. The Morgan fingerprint density at radius 3 is 1.13 bits per heavy atom. The summed E-state index contributed by atoms with van der Waals surface area (Å²) >= 11 is 0. The monoisotopic (exact) mass is 540 g/mol. The highest BCUT2D eigenvalue weighted by Gasteiger charge is 2.49. The Bertz CT molecular complexity index is 692. The van der Waals surface area contributed by atoms with E-state index in [1.165, 1.54) is 89.9 Å².